The van der Waals surface area contributed by atoms with Gasteiger partial charge in [0, 0.05) is 6.04 Å². The van der Waals surface area contributed by atoms with E-state index in [2.05, 4.69) is 5.32 Å². The van der Waals surface area contributed by atoms with Crippen LogP contribution in [0.25, 0.3) is 0 Å². The van der Waals surface area contributed by atoms with Gasteiger partial charge in [-0.1, -0.05) is 0 Å². The fraction of sp³-hybridized carbons (Fsp3) is 1.00. The Hall–Kier alpha value is -0.200. The largest absolute Gasteiger partial charge is 0.395 e. The number of hydrogen-bond donors (Lipinski definition) is 5. The van der Waals surface area contributed by atoms with Crippen LogP contribution in [0.4, 0.5) is 0 Å². The Kier molecular flexibility index (Phi) is 3.42. The van der Waals surface area contributed by atoms with Gasteiger partial charge >= 0.3 is 0 Å². The number of nitrogens with one attached hydrogen (secondary N) is 1. The molecule has 0 aromatic carbocycles. The summed E-state index contributed by atoms with van der Waals surface area (Å²) in [6.07, 6.45) is -1.13. The molecule has 1 aliphatic heterocycles. The van der Waals surface area contributed by atoms with Gasteiger partial charge in [0.15, 0.2) is 0 Å². The van der Waals surface area contributed by atoms with Crippen LogP contribution in [0.3, 0.4) is 0 Å². The second-order valence-corrected chi connectivity index (χ2v) is 3.12. The summed E-state index contributed by atoms with van der Waals surface area (Å²) >= 11 is 0. The van der Waals surface area contributed by atoms with Crippen molar-refractivity contribution in [1.82, 2.24) is 5.32 Å². The van der Waals surface area contributed by atoms with Crippen LogP contribution in [0.1, 0.15) is 6.42 Å². The predicted molar refractivity (Wildman–Crippen MR) is 41.5 cm³/mol. The minimum absolute atomic E-state index is 0.157. The lowest BCUT2D eigenvalue weighted by molar-refractivity contribution is 0.0641. The van der Waals surface area contributed by atoms with Crippen LogP contribution >= 0.6 is 0 Å². The minimum Gasteiger partial charge on any atom is -0.395 e. The summed E-state index contributed by atoms with van der Waals surface area (Å²) in [4.78, 5) is 0. The molecule has 0 amide bonds. The van der Waals surface area contributed by atoms with Crippen molar-refractivity contribution in [2.75, 3.05) is 13.2 Å². The van der Waals surface area contributed by atoms with E-state index in [0.29, 0.717) is 6.42 Å². The van der Waals surface area contributed by atoms with Crippen LogP contribution < -0.4 is 5.32 Å². The van der Waals surface area contributed by atoms with Gasteiger partial charge in [-0.25, -0.2) is 0 Å². The summed E-state index contributed by atoms with van der Waals surface area (Å²) in [6, 6.07) is -0.696. The molecule has 1 saturated heterocycles. The lowest BCUT2D eigenvalue weighted by Crippen LogP contribution is -2.42. The number of aliphatic hydroxyl groups excluding tert-OH is 4. The molecule has 4 atom stereocenters. The van der Waals surface area contributed by atoms with E-state index >= 15 is 0 Å². The lowest BCUT2D eigenvalue weighted by Gasteiger charge is -2.16. The van der Waals surface area contributed by atoms with E-state index in [9.17, 15) is 10.2 Å². The summed E-state index contributed by atoms with van der Waals surface area (Å²) in [5.74, 6) is 0. The Morgan fingerprint density at radius 1 is 1.42 bits per heavy atom. The Morgan fingerprint density at radius 3 is 2.50 bits per heavy atom. The van der Waals surface area contributed by atoms with Gasteiger partial charge in [-0.05, 0) is 6.42 Å². The second kappa shape index (κ2) is 4.15. The first-order chi connectivity index (χ1) is 5.69. The summed E-state index contributed by atoms with van der Waals surface area (Å²) in [5, 5.41) is 38.7. The Morgan fingerprint density at radius 2 is 2.08 bits per heavy atom. The smallest absolute Gasteiger partial charge is 0.0924 e. The summed E-state index contributed by atoms with van der Waals surface area (Å²) in [6.45, 7) is -0.488. The third-order valence-corrected chi connectivity index (χ3v) is 2.24. The van der Waals surface area contributed by atoms with Crippen molar-refractivity contribution in [3.05, 3.63) is 0 Å². The molecule has 1 rings (SSSR count). The van der Waals surface area contributed by atoms with Gasteiger partial charge in [-0.15, -0.1) is 0 Å². The van der Waals surface area contributed by atoms with Crippen LogP contribution in [0, 0.1) is 0 Å². The zero-order chi connectivity index (χ0) is 9.14. The molecule has 5 nitrogen and oxygen atoms in total. The van der Waals surface area contributed by atoms with Crippen molar-refractivity contribution < 1.29 is 20.4 Å². The highest BCUT2D eigenvalue weighted by molar-refractivity contribution is 4.93. The summed E-state index contributed by atoms with van der Waals surface area (Å²) in [5.41, 5.74) is 0. The van der Waals surface area contributed by atoms with Crippen LogP contribution in [-0.4, -0.2) is 57.9 Å². The fourth-order valence-corrected chi connectivity index (χ4v) is 1.45. The van der Waals surface area contributed by atoms with Crippen molar-refractivity contribution in [2.24, 2.45) is 0 Å². The number of aliphatic hydroxyl groups is 4. The van der Waals surface area contributed by atoms with Crippen LogP contribution in [0.5, 0.6) is 0 Å². The molecule has 1 aliphatic rings. The maximum atomic E-state index is 9.29. The molecule has 0 radical (unpaired) electrons. The third-order valence-electron chi connectivity index (χ3n) is 2.24. The van der Waals surface area contributed by atoms with E-state index in [1.807, 2.05) is 0 Å². The quantitative estimate of drug-likeness (QED) is 0.326. The normalized spacial score (nSPS) is 38.5. The molecular weight excluding hydrogens is 162 g/mol. The zero-order valence-corrected chi connectivity index (χ0v) is 6.72. The SMILES string of the molecule is OC[C@@H](O)[C@@H]1C[C@@H](O)[C@H](CO)N1. The van der Waals surface area contributed by atoms with Crippen LogP contribution in [-0.2, 0) is 0 Å². The van der Waals surface area contributed by atoms with Gasteiger partial charge in [0.2, 0.25) is 0 Å². The molecular formula is C7H15NO4. The highest BCUT2D eigenvalue weighted by Crippen LogP contribution is 2.15. The third kappa shape index (κ3) is 1.94. The van der Waals surface area contributed by atoms with Gasteiger partial charge in [0.25, 0.3) is 0 Å². The Balaban J connectivity index is 2.42. The predicted octanol–water partition coefficient (Wildman–Crippen LogP) is -2.58. The number of hydrogen-bond acceptors (Lipinski definition) is 5. The van der Waals surface area contributed by atoms with E-state index in [0.717, 1.165) is 0 Å². The maximum absolute atomic E-state index is 9.29. The van der Waals surface area contributed by atoms with Crippen molar-refractivity contribution in [2.45, 2.75) is 30.7 Å². The average molecular weight is 177 g/mol. The van der Waals surface area contributed by atoms with E-state index in [1.165, 1.54) is 0 Å². The number of rotatable bonds is 3. The van der Waals surface area contributed by atoms with Crippen molar-refractivity contribution >= 4 is 0 Å². The van der Waals surface area contributed by atoms with Crippen molar-refractivity contribution in [1.29, 1.82) is 0 Å². The molecule has 0 aliphatic carbocycles. The molecule has 72 valence electrons. The Bertz CT molecular complexity index is 143. The summed E-state index contributed by atoms with van der Waals surface area (Å²) < 4.78 is 0. The van der Waals surface area contributed by atoms with Crippen molar-refractivity contribution in [3.8, 4) is 0 Å². The maximum Gasteiger partial charge on any atom is 0.0924 e. The van der Waals surface area contributed by atoms with Gasteiger partial charge in [0.1, 0.15) is 0 Å². The van der Waals surface area contributed by atoms with E-state index in [1.54, 1.807) is 0 Å². The van der Waals surface area contributed by atoms with Crippen LogP contribution in [0.15, 0.2) is 0 Å². The monoisotopic (exact) mass is 177 g/mol. The molecule has 1 heterocycles. The fourth-order valence-electron chi connectivity index (χ4n) is 1.45. The molecule has 12 heavy (non-hydrogen) atoms. The molecule has 0 aromatic rings. The average Bonchev–Trinajstić information content (AvgIpc) is 2.45. The first-order valence-corrected chi connectivity index (χ1v) is 4.03. The molecule has 5 heteroatoms. The molecule has 0 spiro atoms. The van der Waals surface area contributed by atoms with Gasteiger partial charge in [-0.2, -0.15) is 0 Å². The molecule has 5 N–H and O–H groups in total. The first kappa shape index (κ1) is 9.88. The van der Waals surface area contributed by atoms with E-state index in [-0.39, 0.29) is 25.3 Å². The molecule has 1 fully saturated rings. The van der Waals surface area contributed by atoms with Gasteiger partial charge in [-0.3, -0.25) is 0 Å². The molecule has 0 saturated carbocycles. The zero-order valence-electron chi connectivity index (χ0n) is 6.72. The van der Waals surface area contributed by atoms with E-state index < -0.39 is 12.2 Å². The molecule has 0 bridgehead atoms. The molecule has 0 aromatic heterocycles. The van der Waals surface area contributed by atoms with E-state index in [4.69, 9.17) is 10.2 Å². The van der Waals surface area contributed by atoms with Gasteiger partial charge < -0.3 is 25.7 Å². The minimum atomic E-state index is -0.865. The second-order valence-electron chi connectivity index (χ2n) is 3.12. The highest BCUT2D eigenvalue weighted by Gasteiger charge is 2.35. The Labute approximate surface area is 70.6 Å². The van der Waals surface area contributed by atoms with Gasteiger partial charge in [0.05, 0.1) is 31.5 Å². The van der Waals surface area contributed by atoms with Crippen molar-refractivity contribution in [3.63, 3.8) is 0 Å². The lowest BCUT2D eigenvalue weighted by atomic mass is 10.1. The first-order valence-electron chi connectivity index (χ1n) is 4.03. The topological polar surface area (TPSA) is 93.0 Å². The highest BCUT2D eigenvalue weighted by atomic mass is 16.3. The molecule has 0 unspecified atom stereocenters. The standard InChI is InChI=1S/C7H15NO4/c9-2-5-6(11)1-4(8-5)7(12)3-10/h4-12H,1-3H2/t4-,5-,6+,7+/m0/s1. The summed E-state index contributed by atoms with van der Waals surface area (Å²) in [7, 11) is 0. The van der Waals surface area contributed by atoms with Crippen LogP contribution in [0.2, 0.25) is 0 Å².